The average Bonchev–Trinajstić information content (AvgIpc) is 3.44. The van der Waals surface area contributed by atoms with Crippen LogP contribution in [0.25, 0.3) is 11.0 Å². The lowest BCUT2D eigenvalue weighted by atomic mass is 9.85. The Balaban J connectivity index is 1.06. The summed E-state index contributed by atoms with van der Waals surface area (Å²) in [4.78, 5) is 23.4. The fraction of sp³-hybridized carbons (Fsp3) is 0.571. The van der Waals surface area contributed by atoms with Crippen LogP contribution in [0.4, 0.5) is 5.69 Å². The van der Waals surface area contributed by atoms with Gasteiger partial charge < -0.3 is 14.4 Å². The van der Waals surface area contributed by atoms with E-state index in [9.17, 15) is 0 Å². The van der Waals surface area contributed by atoms with E-state index >= 15 is 0 Å². The molecule has 0 spiro atoms. The molecule has 190 valence electrons. The highest BCUT2D eigenvalue weighted by molar-refractivity contribution is 5.85. The van der Waals surface area contributed by atoms with Gasteiger partial charge in [0, 0.05) is 68.2 Å². The highest BCUT2D eigenvalue weighted by Gasteiger charge is 2.25. The molecule has 0 N–H and O–H groups in total. The third kappa shape index (κ3) is 5.60. The maximum Gasteiger partial charge on any atom is 0.149 e. The van der Waals surface area contributed by atoms with Crippen LogP contribution in [0.5, 0.6) is 5.75 Å². The van der Waals surface area contributed by atoms with Gasteiger partial charge in [-0.1, -0.05) is 0 Å². The van der Waals surface area contributed by atoms with E-state index in [-0.39, 0.29) is 6.10 Å². The minimum Gasteiger partial charge on any atom is -0.488 e. The minimum absolute atomic E-state index is 0.204. The molecular formula is C28H36N6O2. The lowest BCUT2D eigenvalue weighted by Gasteiger charge is -2.31. The van der Waals surface area contributed by atoms with Crippen molar-refractivity contribution in [3.05, 3.63) is 48.3 Å². The molecule has 1 saturated carbocycles. The molecule has 8 heteroatoms. The molecule has 0 amide bonds. The van der Waals surface area contributed by atoms with Gasteiger partial charge in [0.25, 0.3) is 0 Å². The molecule has 0 bridgehead atoms. The van der Waals surface area contributed by atoms with Gasteiger partial charge >= 0.3 is 0 Å². The molecule has 6 rings (SSSR count). The lowest BCUT2D eigenvalue weighted by Crippen LogP contribution is -2.36. The molecule has 2 saturated heterocycles. The van der Waals surface area contributed by atoms with Gasteiger partial charge in [-0.2, -0.15) is 0 Å². The molecule has 2 aromatic heterocycles. The summed E-state index contributed by atoms with van der Waals surface area (Å²) < 4.78 is 12.1. The topological polar surface area (TPSA) is 76.5 Å². The van der Waals surface area contributed by atoms with E-state index in [4.69, 9.17) is 19.4 Å². The largest absolute Gasteiger partial charge is 0.488 e. The first kappa shape index (κ1) is 23.6. The van der Waals surface area contributed by atoms with Gasteiger partial charge in [-0.3, -0.25) is 9.88 Å². The molecular weight excluding hydrogens is 452 g/mol. The summed E-state index contributed by atoms with van der Waals surface area (Å²) in [5.41, 5.74) is 4.10. The van der Waals surface area contributed by atoms with Crippen molar-refractivity contribution in [2.45, 2.75) is 57.6 Å². The molecule has 8 nitrogen and oxygen atoms in total. The molecule has 1 aromatic carbocycles. The van der Waals surface area contributed by atoms with Crippen molar-refractivity contribution < 1.29 is 9.47 Å². The van der Waals surface area contributed by atoms with Crippen molar-refractivity contribution in [3.63, 3.8) is 0 Å². The van der Waals surface area contributed by atoms with Crippen molar-refractivity contribution in [3.8, 4) is 5.75 Å². The third-order valence-corrected chi connectivity index (χ3v) is 7.82. The van der Waals surface area contributed by atoms with Gasteiger partial charge in [0.1, 0.15) is 17.1 Å². The number of nitrogens with zero attached hydrogens (tertiary/aromatic N) is 6. The monoisotopic (exact) mass is 488 g/mol. The predicted octanol–water partition coefficient (Wildman–Crippen LogP) is 4.03. The summed E-state index contributed by atoms with van der Waals surface area (Å²) >= 11 is 0. The molecule has 0 unspecified atom stereocenters. The van der Waals surface area contributed by atoms with Crippen molar-refractivity contribution in [1.82, 2.24) is 24.8 Å². The second-order valence-electron chi connectivity index (χ2n) is 10.4. The molecule has 1 aliphatic carbocycles. The van der Waals surface area contributed by atoms with E-state index < -0.39 is 0 Å². The SMILES string of the molecule is c1cnc2c(OC3CCC(Cc4ncc(CN5CCCC5)cn4)CC3)cc(N3CCOCC3)cc2n1. The van der Waals surface area contributed by atoms with Crippen molar-refractivity contribution in [1.29, 1.82) is 0 Å². The summed E-state index contributed by atoms with van der Waals surface area (Å²) in [6, 6.07) is 4.26. The van der Waals surface area contributed by atoms with Crippen molar-refractivity contribution in [2.75, 3.05) is 44.3 Å². The van der Waals surface area contributed by atoms with Crippen molar-refractivity contribution in [2.24, 2.45) is 5.92 Å². The first-order valence-corrected chi connectivity index (χ1v) is 13.6. The summed E-state index contributed by atoms with van der Waals surface area (Å²) in [5, 5.41) is 0. The minimum atomic E-state index is 0.204. The average molecular weight is 489 g/mol. The maximum absolute atomic E-state index is 6.58. The number of ether oxygens (including phenoxy) is 2. The summed E-state index contributed by atoms with van der Waals surface area (Å²) in [5.74, 6) is 2.44. The van der Waals surface area contributed by atoms with Crippen LogP contribution in [0.15, 0.2) is 36.9 Å². The van der Waals surface area contributed by atoms with Crippen LogP contribution < -0.4 is 9.64 Å². The summed E-state index contributed by atoms with van der Waals surface area (Å²) in [6.07, 6.45) is 15.7. The van der Waals surface area contributed by atoms with Crippen LogP contribution >= 0.6 is 0 Å². The van der Waals surface area contributed by atoms with Gasteiger partial charge in [0.05, 0.1) is 24.8 Å². The van der Waals surface area contributed by atoms with Crippen LogP contribution in [0.2, 0.25) is 0 Å². The molecule has 2 aliphatic heterocycles. The smallest absolute Gasteiger partial charge is 0.149 e. The Kier molecular flexibility index (Phi) is 7.23. The Bertz CT molecular complexity index is 1140. The van der Waals surface area contributed by atoms with Gasteiger partial charge in [-0.15, -0.1) is 0 Å². The zero-order valence-electron chi connectivity index (χ0n) is 21.0. The Hall–Kier alpha value is -2.84. The number of morpholine rings is 1. The number of hydrogen-bond donors (Lipinski definition) is 0. The van der Waals surface area contributed by atoms with Crippen molar-refractivity contribution >= 4 is 16.7 Å². The van der Waals surface area contributed by atoms with Crippen LogP contribution in [-0.4, -0.2) is 70.3 Å². The highest BCUT2D eigenvalue weighted by Crippen LogP contribution is 2.34. The normalized spacial score (nSPS) is 23.3. The summed E-state index contributed by atoms with van der Waals surface area (Å²) in [7, 11) is 0. The Morgan fingerprint density at radius 1 is 0.861 bits per heavy atom. The predicted molar refractivity (Wildman–Crippen MR) is 139 cm³/mol. The van der Waals surface area contributed by atoms with E-state index in [0.29, 0.717) is 5.92 Å². The fourth-order valence-electron chi connectivity index (χ4n) is 5.78. The first-order valence-electron chi connectivity index (χ1n) is 13.6. The lowest BCUT2D eigenvalue weighted by molar-refractivity contribution is 0.122. The molecule has 3 fully saturated rings. The number of rotatable bonds is 7. The molecule has 3 aliphatic rings. The molecule has 36 heavy (non-hydrogen) atoms. The highest BCUT2D eigenvalue weighted by atomic mass is 16.5. The molecule has 0 radical (unpaired) electrons. The molecule has 3 aromatic rings. The summed E-state index contributed by atoms with van der Waals surface area (Å²) in [6.45, 7) is 6.66. The van der Waals surface area contributed by atoms with Gasteiger partial charge in [0.15, 0.2) is 0 Å². The molecule has 4 heterocycles. The second-order valence-corrected chi connectivity index (χ2v) is 10.4. The first-order chi connectivity index (χ1) is 17.8. The number of aromatic nitrogens is 4. The quantitative estimate of drug-likeness (QED) is 0.493. The van der Waals surface area contributed by atoms with Crippen LogP contribution in [-0.2, 0) is 17.7 Å². The third-order valence-electron chi connectivity index (χ3n) is 7.82. The van der Waals surface area contributed by atoms with E-state index in [1.165, 1.54) is 31.5 Å². The number of fused-ring (bicyclic) bond motifs is 1. The zero-order valence-corrected chi connectivity index (χ0v) is 21.0. The van der Waals surface area contributed by atoms with Crippen LogP contribution in [0, 0.1) is 5.92 Å². The number of hydrogen-bond acceptors (Lipinski definition) is 8. The molecule has 0 atom stereocenters. The van der Waals surface area contributed by atoms with E-state index in [1.54, 1.807) is 12.4 Å². The van der Waals surface area contributed by atoms with Crippen LogP contribution in [0.1, 0.15) is 49.9 Å². The standard InChI is InChI=1S/C28H36N6O2/c1-2-10-33(9-1)20-22-18-31-27(32-19-22)15-21-3-5-24(6-4-21)36-26-17-23(34-11-13-35-14-12-34)16-25-28(26)30-8-7-29-25/h7-8,16-19,21,24H,1-6,9-15,20H2. The van der Waals surface area contributed by atoms with E-state index in [0.717, 1.165) is 93.2 Å². The van der Waals surface area contributed by atoms with Gasteiger partial charge in [-0.05, 0) is 63.6 Å². The Morgan fingerprint density at radius 2 is 1.61 bits per heavy atom. The van der Waals surface area contributed by atoms with Gasteiger partial charge in [-0.25, -0.2) is 15.0 Å². The number of likely N-dealkylation sites (tertiary alicyclic amines) is 1. The Morgan fingerprint density at radius 3 is 2.39 bits per heavy atom. The maximum atomic E-state index is 6.58. The zero-order chi connectivity index (χ0) is 24.2. The van der Waals surface area contributed by atoms with Gasteiger partial charge in [0.2, 0.25) is 0 Å². The second kappa shape index (κ2) is 11.0. The Labute approximate surface area is 213 Å². The number of anilines is 1. The van der Waals surface area contributed by atoms with E-state index in [2.05, 4.69) is 31.9 Å². The number of benzene rings is 1. The van der Waals surface area contributed by atoms with Crippen LogP contribution in [0.3, 0.4) is 0 Å². The van der Waals surface area contributed by atoms with E-state index in [1.807, 2.05) is 12.4 Å². The fourth-order valence-corrected chi connectivity index (χ4v) is 5.78.